The summed E-state index contributed by atoms with van der Waals surface area (Å²) in [5.74, 6) is -0.0920. The van der Waals surface area contributed by atoms with E-state index in [9.17, 15) is 4.79 Å². The summed E-state index contributed by atoms with van der Waals surface area (Å²) in [6.07, 6.45) is 0. The van der Waals surface area contributed by atoms with Crippen molar-refractivity contribution in [1.29, 1.82) is 0 Å². The Morgan fingerprint density at radius 2 is 1.90 bits per heavy atom. The summed E-state index contributed by atoms with van der Waals surface area (Å²) < 4.78 is 0. The third-order valence-electron chi connectivity index (χ3n) is 3.27. The molecule has 0 saturated carbocycles. The molecule has 2 N–H and O–H groups in total. The van der Waals surface area contributed by atoms with Gasteiger partial charge < -0.3 is 10.6 Å². The fourth-order valence-corrected chi connectivity index (χ4v) is 2.38. The predicted octanol–water partition coefficient (Wildman–Crippen LogP) is 4.27. The largest absolute Gasteiger partial charge is 0.381 e. The number of carbonyl (C=O) groups excluding carboxylic acids is 1. The Hall–Kier alpha value is -1.71. The first-order valence-electron chi connectivity index (χ1n) is 6.52. The van der Waals surface area contributed by atoms with Crippen LogP contribution in [0, 0.1) is 6.92 Å². The molecule has 0 atom stereocenters. The van der Waals surface area contributed by atoms with E-state index in [1.165, 1.54) is 0 Å². The van der Waals surface area contributed by atoms with E-state index < -0.39 is 0 Å². The minimum atomic E-state index is -0.0920. The van der Waals surface area contributed by atoms with Gasteiger partial charge in [0.2, 0.25) is 0 Å². The molecule has 0 radical (unpaired) electrons. The first kappa shape index (κ1) is 15.7. The van der Waals surface area contributed by atoms with E-state index >= 15 is 0 Å². The lowest BCUT2D eigenvalue weighted by molar-refractivity contribution is 0.0962. The maximum absolute atomic E-state index is 11.8. The van der Waals surface area contributed by atoms with Crippen molar-refractivity contribution in [3.63, 3.8) is 0 Å². The van der Waals surface area contributed by atoms with E-state index in [2.05, 4.69) is 10.6 Å². The molecule has 0 bridgehead atoms. The zero-order valence-corrected chi connectivity index (χ0v) is 13.3. The van der Waals surface area contributed by atoms with Gasteiger partial charge in [-0.2, -0.15) is 0 Å². The average molecular weight is 323 g/mol. The van der Waals surface area contributed by atoms with Crippen molar-refractivity contribution in [3.8, 4) is 0 Å². The van der Waals surface area contributed by atoms with E-state index in [0.29, 0.717) is 22.2 Å². The molecule has 1 amide bonds. The Labute approximate surface area is 134 Å². The summed E-state index contributed by atoms with van der Waals surface area (Å²) in [5.41, 5.74) is 3.52. The van der Waals surface area contributed by atoms with Gasteiger partial charge in [-0.05, 0) is 42.3 Å². The monoisotopic (exact) mass is 322 g/mol. The number of hydrogen-bond acceptors (Lipinski definition) is 2. The second-order valence-electron chi connectivity index (χ2n) is 4.66. The highest BCUT2D eigenvalue weighted by molar-refractivity contribution is 6.42. The van der Waals surface area contributed by atoms with Crippen molar-refractivity contribution in [2.45, 2.75) is 13.5 Å². The molecule has 110 valence electrons. The number of halogens is 2. The summed E-state index contributed by atoms with van der Waals surface area (Å²) in [6, 6.07) is 11.1. The van der Waals surface area contributed by atoms with Crippen LogP contribution in [0.1, 0.15) is 21.5 Å². The standard InChI is InChI=1S/C16H16Cl2N2O/c1-10-12(16(21)19-2)4-3-5-15(10)20-9-11-6-7-13(17)14(18)8-11/h3-8,20H,9H2,1-2H3,(H,19,21). The fourth-order valence-electron chi connectivity index (χ4n) is 2.05. The number of nitrogens with one attached hydrogen (secondary N) is 2. The van der Waals surface area contributed by atoms with Crippen LogP contribution >= 0.6 is 23.2 Å². The van der Waals surface area contributed by atoms with Crippen molar-refractivity contribution >= 4 is 34.8 Å². The molecular weight excluding hydrogens is 307 g/mol. The second kappa shape index (κ2) is 6.83. The van der Waals surface area contributed by atoms with Crippen LogP contribution in [0.5, 0.6) is 0 Å². The molecule has 0 aliphatic rings. The van der Waals surface area contributed by atoms with Crippen LogP contribution in [0.4, 0.5) is 5.69 Å². The third-order valence-corrected chi connectivity index (χ3v) is 4.01. The molecule has 0 aliphatic heterocycles. The van der Waals surface area contributed by atoms with Gasteiger partial charge in [0.25, 0.3) is 5.91 Å². The molecule has 3 nitrogen and oxygen atoms in total. The first-order valence-corrected chi connectivity index (χ1v) is 7.28. The van der Waals surface area contributed by atoms with E-state index in [0.717, 1.165) is 16.8 Å². The molecule has 0 heterocycles. The Kier molecular flexibility index (Phi) is 5.10. The molecule has 21 heavy (non-hydrogen) atoms. The number of amides is 1. The van der Waals surface area contributed by atoms with Gasteiger partial charge in [-0.15, -0.1) is 0 Å². The SMILES string of the molecule is CNC(=O)c1cccc(NCc2ccc(Cl)c(Cl)c2)c1C. The van der Waals surface area contributed by atoms with Crippen molar-refractivity contribution < 1.29 is 4.79 Å². The zero-order valence-electron chi connectivity index (χ0n) is 11.8. The molecule has 5 heteroatoms. The van der Waals surface area contributed by atoms with E-state index in [-0.39, 0.29) is 5.91 Å². The van der Waals surface area contributed by atoms with Crippen molar-refractivity contribution in [2.75, 3.05) is 12.4 Å². The highest BCUT2D eigenvalue weighted by Crippen LogP contribution is 2.24. The van der Waals surface area contributed by atoms with Gasteiger partial charge in [0.1, 0.15) is 0 Å². The molecule has 2 aromatic rings. The molecule has 2 aromatic carbocycles. The van der Waals surface area contributed by atoms with Crippen molar-refractivity contribution in [3.05, 3.63) is 63.1 Å². The lowest BCUT2D eigenvalue weighted by Crippen LogP contribution is -2.19. The van der Waals surface area contributed by atoms with E-state index in [1.54, 1.807) is 19.2 Å². The highest BCUT2D eigenvalue weighted by atomic mass is 35.5. The van der Waals surface area contributed by atoms with Crippen LogP contribution in [0.2, 0.25) is 10.0 Å². The van der Waals surface area contributed by atoms with Crippen LogP contribution in [0.25, 0.3) is 0 Å². The summed E-state index contributed by atoms with van der Waals surface area (Å²) >= 11 is 11.9. The summed E-state index contributed by atoms with van der Waals surface area (Å²) in [4.78, 5) is 11.8. The highest BCUT2D eigenvalue weighted by Gasteiger charge is 2.10. The van der Waals surface area contributed by atoms with Gasteiger partial charge in [0, 0.05) is 24.8 Å². The Balaban J connectivity index is 2.16. The van der Waals surface area contributed by atoms with E-state index in [1.807, 2.05) is 31.2 Å². The summed E-state index contributed by atoms with van der Waals surface area (Å²) in [5, 5.41) is 7.03. The lowest BCUT2D eigenvalue weighted by Gasteiger charge is -2.13. The van der Waals surface area contributed by atoms with Gasteiger partial charge in [-0.3, -0.25) is 4.79 Å². The number of rotatable bonds is 4. The summed E-state index contributed by atoms with van der Waals surface area (Å²) in [6.45, 7) is 2.52. The van der Waals surface area contributed by atoms with Crippen molar-refractivity contribution in [1.82, 2.24) is 5.32 Å². The lowest BCUT2D eigenvalue weighted by atomic mass is 10.1. The molecule has 0 aliphatic carbocycles. The first-order chi connectivity index (χ1) is 10.0. The van der Waals surface area contributed by atoms with Crippen LogP contribution in [0.15, 0.2) is 36.4 Å². The Morgan fingerprint density at radius 3 is 2.57 bits per heavy atom. The van der Waals surface area contributed by atoms with Crippen LogP contribution in [-0.4, -0.2) is 13.0 Å². The minimum absolute atomic E-state index is 0.0920. The van der Waals surface area contributed by atoms with Gasteiger partial charge in [-0.25, -0.2) is 0 Å². The molecule has 2 rings (SSSR count). The number of anilines is 1. The number of hydrogen-bond donors (Lipinski definition) is 2. The minimum Gasteiger partial charge on any atom is -0.381 e. The normalized spacial score (nSPS) is 10.3. The molecule has 0 spiro atoms. The molecule has 0 unspecified atom stereocenters. The van der Waals surface area contributed by atoms with Crippen LogP contribution in [0.3, 0.4) is 0 Å². The smallest absolute Gasteiger partial charge is 0.251 e. The maximum Gasteiger partial charge on any atom is 0.251 e. The molecule has 0 saturated heterocycles. The molecular formula is C16H16Cl2N2O. The predicted molar refractivity (Wildman–Crippen MR) is 88.4 cm³/mol. The second-order valence-corrected chi connectivity index (χ2v) is 5.47. The van der Waals surface area contributed by atoms with E-state index in [4.69, 9.17) is 23.2 Å². The average Bonchev–Trinajstić information content (AvgIpc) is 2.49. The van der Waals surface area contributed by atoms with Crippen LogP contribution in [-0.2, 0) is 6.54 Å². The summed E-state index contributed by atoms with van der Waals surface area (Å²) in [7, 11) is 1.62. The third kappa shape index (κ3) is 3.69. The zero-order chi connectivity index (χ0) is 15.4. The molecule has 0 aromatic heterocycles. The Morgan fingerprint density at radius 1 is 1.14 bits per heavy atom. The topological polar surface area (TPSA) is 41.1 Å². The van der Waals surface area contributed by atoms with Gasteiger partial charge in [0.05, 0.1) is 10.0 Å². The number of benzene rings is 2. The van der Waals surface area contributed by atoms with Gasteiger partial charge in [-0.1, -0.05) is 35.3 Å². The molecule has 0 fully saturated rings. The van der Waals surface area contributed by atoms with Crippen LogP contribution < -0.4 is 10.6 Å². The van der Waals surface area contributed by atoms with Gasteiger partial charge in [0.15, 0.2) is 0 Å². The number of carbonyl (C=O) groups is 1. The quantitative estimate of drug-likeness (QED) is 0.882. The Bertz CT molecular complexity index is 671. The van der Waals surface area contributed by atoms with Gasteiger partial charge >= 0.3 is 0 Å². The maximum atomic E-state index is 11.8. The van der Waals surface area contributed by atoms with Crippen molar-refractivity contribution in [2.24, 2.45) is 0 Å². The fraction of sp³-hybridized carbons (Fsp3) is 0.188.